The van der Waals surface area contributed by atoms with E-state index in [1.54, 1.807) is 11.8 Å². The lowest BCUT2D eigenvalue weighted by molar-refractivity contribution is -0.158. The van der Waals surface area contributed by atoms with Gasteiger partial charge >= 0.3 is 5.97 Å². The van der Waals surface area contributed by atoms with Gasteiger partial charge in [-0.1, -0.05) is 61.9 Å². The normalized spacial score (nSPS) is 26.0. The molecule has 0 aromatic heterocycles. The number of fused-ring (bicyclic) bond motifs is 1. The fraction of sp³-hybridized carbons (Fsp3) is 0.633. The minimum absolute atomic E-state index is 0.0130. The minimum atomic E-state index is -1.10. The van der Waals surface area contributed by atoms with Crippen LogP contribution in [-0.4, -0.2) is 42.4 Å². The van der Waals surface area contributed by atoms with Crippen LogP contribution in [0.15, 0.2) is 36.0 Å². The molecule has 2 amide bonds. The van der Waals surface area contributed by atoms with E-state index >= 15 is 0 Å². The van der Waals surface area contributed by atoms with Crippen molar-refractivity contribution in [3.05, 3.63) is 46.6 Å². The third-order valence-electron chi connectivity index (χ3n) is 8.40. The van der Waals surface area contributed by atoms with E-state index in [4.69, 9.17) is 16.3 Å². The summed E-state index contributed by atoms with van der Waals surface area (Å²) in [5, 5.41) is 3.77. The summed E-state index contributed by atoms with van der Waals surface area (Å²) in [6, 6.07) is 7.62. The van der Waals surface area contributed by atoms with Crippen molar-refractivity contribution in [1.29, 1.82) is 0 Å². The third-order valence-corrected chi connectivity index (χ3v) is 8.65. The molecular weight excluding hydrogens is 488 g/mol. The van der Waals surface area contributed by atoms with Crippen LogP contribution in [-0.2, 0) is 25.5 Å². The van der Waals surface area contributed by atoms with E-state index in [1.165, 1.54) is 19.3 Å². The molecule has 6 nitrogen and oxygen atoms in total. The molecular formula is C30H41ClN2O4. The number of nitrogens with zero attached hydrogens (tertiary/aromatic N) is 1. The minimum Gasteiger partial charge on any atom is -0.465 e. The Hall–Kier alpha value is -2.34. The van der Waals surface area contributed by atoms with E-state index in [0.717, 1.165) is 49.8 Å². The highest BCUT2D eigenvalue weighted by Gasteiger charge is 2.61. The van der Waals surface area contributed by atoms with Crippen molar-refractivity contribution < 1.29 is 19.1 Å². The maximum absolute atomic E-state index is 14.0. The second-order valence-corrected chi connectivity index (χ2v) is 11.2. The molecule has 1 N–H and O–H groups in total. The molecule has 1 aromatic rings. The Morgan fingerprint density at radius 1 is 1.08 bits per heavy atom. The van der Waals surface area contributed by atoms with Gasteiger partial charge in [0.05, 0.1) is 12.5 Å². The molecule has 202 valence electrons. The lowest BCUT2D eigenvalue weighted by Crippen LogP contribution is -2.43. The Morgan fingerprint density at radius 2 is 1.81 bits per heavy atom. The molecule has 0 radical (unpaired) electrons. The van der Waals surface area contributed by atoms with Crippen molar-refractivity contribution in [2.24, 2.45) is 17.3 Å². The Balaban J connectivity index is 1.59. The second kappa shape index (κ2) is 12.9. The zero-order valence-corrected chi connectivity index (χ0v) is 22.9. The number of halogens is 1. The van der Waals surface area contributed by atoms with Gasteiger partial charge in [-0.05, 0) is 69.1 Å². The number of esters is 1. The Bertz CT molecular complexity index is 986. The molecule has 7 heteroatoms. The molecule has 3 aliphatic rings. The molecule has 1 saturated heterocycles. The monoisotopic (exact) mass is 528 g/mol. The van der Waals surface area contributed by atoms with Crippen LogP contribution in [0.5, 0.6) is 0 Å². The number of hydrogen-bond donors (Lipinski definition) is 1. The van der Waals surface area contributed by atoms with E-state index in [-0.39, 0.29) is 30.8 Å². The van der Waals surface area contributed by atoms with Crippen molar-refractivity contribution in [2.75, 3.05) is 19.7 Å². The number of nitrogens with one attached hydrogen (secondary N) is 1. The van der Waals surface area contributed by atoms with Gasteiger partial charge in [0, 0.05) is 30.2 Å². The summed E-state index contributed by atoms with van der Waals surface area (Å²) in [5.41, 5.74) is 0.712. The highest BCUT2D eigenvalue weighted by Crippen LogP contribution is 2.52. The maximum atomic E-state index is 14.0. The van der Waals surface area contributed by atoms with Crippen LogP contribution in [0.1, 0.15) is 83.1 Å². The fourth-order valence-corrected chi connectivity index (χ4v) is 6.52. The average molecular weight is 529 g/mol. The van der Waals surface area contributed by atoms with Crippen LogP contribution >= 0.6 is 11.6 Å². The number of amides is 2. The summed E-state index contributed by atoms with van der Waals surface area (Å²) >= 11 is 6.05. The Labute approximate surface area is 226 Å². The van der Waals surface area contributed by atoms with E-state index in [9.17, 15) is 14.4 Å². The number of carbonyl (C=O) groups is 3. The van der Waals surface area contributed by atoms with E-state index in [2.05, 4.69) is 11.4 Å². The molecule has 1 aliphatic heterocycles. The van der Waals surface area contributed by atoms with Gasteiger partial charge in [0.15, 0.2) is 0 Å². The first kappa shape index (κ1) is 27.7. The average Bonchev–Trinajstić information content (AvgIpc) is 3.09. The zero-order valence-electron chi connectivity index (χ0n) is 22.1. The largest absolute Gasteiger partial charge is 0.465 e. The van der Waals surface area contributed by atoms with Gasteiger partial charge in [0.25, 0.3) is 0 Å². The van der Waals surface area contributed by atoms with Gasteiger partial charge in [-0.25, -0.2) is 0 Å². The smallest absolute Gasteiger partial charge is 0.318 e. The predicted molar refractivity (Wildman–Crippen MR) is 145 cm³/mol. The van der Waals surface area contributed by atoms with Gasteiger partial charge in [-0.15, -0.1) is 0 Å². The number of rotatable bonds is 9. The van der Waals surface area contributed by atoms with E-state index in [0.29, 0.717) is 36.9 Å². The molecule has 0 spiro atoms. The lowest BCUT2D eigenvalue weighted by atomic mass is 9.69. The van der Waals surface area contributed by atoms with Crippen molar-refractivity contribution in [3.8, 4) is 0 Å². The molecule has 1 heterocycles. The van der Waals surface area contributed by atoms with Gasteiger partial charge in [0.2, 0.25) is 11.8 Å². The van der Waals surface area contributed by atoms with Crippen molar-refractivity contribution in [1.82, 2.24) is 10.2 Å². The number of carbonyl (C=O) groups excluding carboxylic acids is 3. The summed E-state index contributed by atoms with van der Waals surface area (Å²) in [6.07, 6.45) is 12.9. The standard InChI is InChI=1S/C30H41ClN2O4/c1-2-37-29(36)30-18-9-4-3-8-12-26(30)33(19-17-22-13-15-24(31)16-14-22)28(35)25(30)20-27(34)32-21-23-10-6-5-7-11-23/h12-16,23,25H,2-11,17-21H2,1H3,(H,32,34)/b26-12+/t25-,30+/m1/s1. The quantitative estimate of drug-likeness (QED) is 0.409. The molecule has 1 saturated carbocycles. The number of hydrogen-bond acceptors (Lipinski definition) is 4. The van der Waals surface area contributed by atoms with Crippen molar-refractivity contribution in [3.63, 3.8) is 0 Å². The van der Waals surface area contributed by atoms with Gasteiger partial charge in [0.1, 0.15) is 5.41 Å². The molecule has 37 heavy (non-hydrogen) atoms. The molecule has 2 fully saturated rings. The summed E-state index contributed by atoms with van der Waals surface area (Å²) < 4.78 is 5.62. The first-order chi connectivity index (χ1) is 18.0. The SMILES string of the molecule is CCOC(=O)[C@]12CCCCC/C=C\1N(CCc1ccc(Cl)cc1)C(=O)[C@H]2CC(=O)NCC1CCCCC1. The zero-order chi connectivity index (χ0) is 26.3. The van der Waals surface area contributed by atoms with Gasteiger partial charge in [-0.3, -0.25) is 14.4 Å². The maximum Gasteiger partial charge on any atom is 0.318 e. The van der Waals surface area contributed by atoms with E-state index in [1.807, 2.05) is 24.3 Å². The number of likely N-dealkylation sites (tertiary alicyclic amines) is 1. The summed E-state index contributed by atoms with van der Waals surface area (Å²) in [6.45, 7) is 3.14. The molecule has 2 atom stereocenters. The lowest BCUT2D eigenvalue weighted by Gasteiger charge is -2.34. The van der Waals surface area contributed by atoms with Crippen LogP contribution in [0.3, 0.4) is 0 Å². The Morgan fingerprint density at radius 3 is 2.54 bits per heavy atom. The number of allylic oxidation sites excluding steroid dienone is 1. The topological polar surface area (TPSA) is 75.7 Å². The van der Waals surface area contributed by atoms with Gasteiger partial charge in [-0.2, -0.15) is 0 Å². The first-order valence-corrected chi connectivity index (χ1v) is 14.5. The van der Waals surface area contributed by atoms with Gasteiger partial charge < -0.3 is 15.0 Å². The first-order valence-electron chi connectivity index (χ1n) is 14.2. The fourth-order valence-electron chi connectivity index (χ4n) is 6.40. The van der Waals surface area contributed by atoms with Crippen molar-refractivity contribution >= 4 is 29.4 Å². The third kappa shape index (κ3) is 6.39. The highest BCUT2D eigenvalue weighted by atomic mass is 35.5. The van der Waals surface area contributed by atoms with E-state index < -0.39 is 11.3 Å². The second-order valence-electron chi connectivity index (χ2n) is 10.8. The van der Waals surface area contributed by atoms with Crippen LogP contribution in [0.4, 0.5) is 0 Å². The number of ether oxygens (including phenoxy) is 1. The van der Waals surface area contributed by atoms with Crippen molar-refractivity contribution in [2.45, 2.75) is 84.0 Å². The molecule has 0 unspecified atom stereocenters. The molecule has 0 bridgehead atoms. The summed E-state index contributed by atoms with van der Waals surface area (Å²) in [7, 11) is 0. The summed E-state index contributed by atoms with van der Waals surface area (Å²) in [4.78, 5) is 42.6. The molecule has 4 rings (SSSR count). The number of benzene rings is 1. The molecule has 1 aromatic carbocycles. The van der Waals surface area contributed by atoms with Crippen LogP contribution in [0.25, 0.3) is 0 Å². The Kier molecular flexibility index (Phi) is 9.69. The van der Waals surface area contributed by atoms with Crippen LogP contribution in [0.2, 0.25) is 5.02 Å². The highest BCUT2D eigenvalue weighted by molar-refractivity contribution is 6.30. The summed E-state index contributed by atoms with van der Waals surface area (Å²) in [5.74, 6) is -0.886. The van der Waals surface area contributed by atoms with Crippen LogP contribution in [0, 0.1) is 17.3 Å². The predicted octanol–water partition coefficient (Wildman–Crippen LogP) is 5.83. The molecule has 2 aliphatic carbocycles. The van der Waals surface area contributed by atoms with Crippen LogP contribution < -0.4 is 5.32 Å².